The molecular formula is C79H72. The van der Waals surface area contributed by atoms with Gasteiger partial charge >= 0.3 is 0 Å². The quantitative estimate of drug-likeness (QED) is 0.149. The zero-order valence-corrected chi connectivity index (χ0v) is 46.9. The van der Waals surface area contributed by atoms with Crippen molar-refractivity contribution in [3.63, 3.8) is 0 Å². The SMILES string of the molecule is Cc1cc(-c2ccccc2)cc(-c2ccccc2)c1.Cc1cc(-c2ccccc2)ccc1-c1ccccc1.Cc1ccc(-c2ccccc2)cc1C.Cc1cccc(-c2ccccc2)c1.Cc1cccc(-c2ccccc2)c1C. The highest BCUT2D eigenvalue weighted by atomic mass is 14.1. The maximum absolute atomic E-state index is 2.26. The second-order valence-corrected chi connectivity index (χ2v) is 20.1. The van der Waals surface area contributed by atoms with Gasteiger partial charge in [-0.1, -0.05) is 309 Å². The van der Waals surface area contributed by atoms with Gasteiger partial charge in [0.05, 0.1) is 0 Å². The van der Waals surface area contributed by atoms with Crippen molar-refractivity contribution in [1.29, 1.82) is 0 Å². The summed E-state index contributed by atoms with van der Waals surface area (Å²) in [6, 6.07) is 109. The first-order chi connectivity index (χ1) is 38.6. The molecule has 0 radical (unpaired) electrons. The molecule has 0 aromatic heterocycles. The molecule has 0 aliphatic carbocycles. The van der Waals surface area contributed by atoms with Crippen molar-refractivity contribution >= 4 is 0 Å². The molecule has 0 spiro atoms. The van der Waals surface area contributed by atoms with E-state index in [-0.39, 0.29) is 0 Å². The molecule has 12 aromatic carbocycles. The molecule has 79 heavy (non-hydrogen) atoms. The van der Waals surface area contributed by atoms with Gasteiger partial charge < -0.3 is 0 Å². The molecule has 0 N–H and O–H groups in total. The van der Waals surface area contributed by atoms with Crippen LogP contribution >= 0.6 is 0 Å². The Morgan fingerprint density at radius 1 is 0.152 bits per heavy atom. The Morgan fingerprint density at radius 2 is 0.481 bits per heavy atom. The third kappa shape index (κ3) is 16.3. The van der Waals surface area contributed by atoms with Crippen molar-refractivity contribution in [3.05, 3.63) is 348 Å². The molecule has 0 unspecified atom stereocenters. The predicted molar refractivity (Wildman–Crippen MR) is 343 cm³/mol. The van der Waals surface area contributed by atoms with Crippen molar-refractivity contribution in [1.82, 2.24) is 0 Å². The summed E-state index contributed by atoms with van der Waals surface area (Å²) < 4.78 is 0. The summed E-state index contributed by atoms with van der Waals surface area (Å²) in [5, 5.41) is 0. The Morgan fingerprint density at radius 3 is 0.886 bits per heavy atom. The molecule has 0 aliphatic heterocycles. The van der Waals surface area contributed by atoms with Crippen LogP contribution in [-0.2, 0) is 0 Å². The Bertz CT molecular complexity index is 3670. The Kier molecular flexibility index (Phi) is 20.3. The molecule has 388 valence electrons. The molecule has 0 atom stereocenters. The van der Waals surface area contributed by atoms with Crippen LogP contribution in [0.25, 0.3) is 77.9 Å². The van der Waals surface area contributed by atoms with Crippen LogP contribution in [0, 0.1) is 48.5 Å². The van der Waals surface area contributed by atoms with Crippen molar-refractivity contribution in [2.45, 2.75) is 48.5 Å². The lowest BCUT2D eigenvalue weighted by atomic mass is 9.96. The minimum absolute atomic E-state index is 1.27. The van der Waals surface area contributed by atoms with E-state index in [0.29, 0.717) is 0 Å². The fourth-order valence-corrected chi connectivity index (χ4v) is 9.48. The normalized spacial score (nSPS) is 10.2. The summed E-state index contributed by atoms with van der Waals surface area (Å²) in [6.07, 6.45) is 0. The van der Waals surface area contributed by atoms with E-state index < -0.39 is 0 Å². The van der Waals surface area contributed by atoms with Gasteiger partial charge in [-0.3, -0.25) is 0 Å². The fraction of sp³-hybridized carbons (Fsp3) is 0.0886. The largest absolute Gasteiger partial charge is 0.0622 e. The van der Waals surface area contributed by atoms with Crippen LogP contribution in [0.1, 0.15) is 38.9 Å². The van der Waals surface area contributed by atoms with Gasteiger partial charge in [0.2, 0.25) is 0 Å². The lowest BCUT2D eigenvalue weighted by Crippen LogP contribution is -1.85. The van der Waals surface area contributed by atoms with Gasteiger partial charge in [0.1, 0.15) is 0 Å². The van der Waals surface area contributed by atoms with E-state index in [2.05, 4.69) is 346 Å². The highest BCUT2D eigenvalue weighted by Crippen LogP contribution is 2.31. The van der Waals surface area contributed by atoms with Crippen LogP contribution in [0.2, 0.25) is 0 Å². The van der Waals surface area contributed by atoms with Gasteiger partial charge in [0, 0.05) is 0 Å². The summed E-state index contributed by atoms with van der Waals surface area (Å²) >= 11 is 0. The molecule has 0 heterocycles. The average molecular weight is 1020 g/mol. The molecule has 0 saturated heterocycles. The maximum atomic E-state index is 2.26. The summed E-state index contributed by atoms with van der Waals surface area (Å²) in [5.74, 6) is 0. The van der Waals surface area contributed by atoms with Gasteiger partial charge in [-0.05, 0) is 166 Å². The number of aryl methyl sites for hydroxylation is 6. The minimum Gasteiger partial charge on any atom is -0.0622 e. The van der Waals surface area contributed by atoms with Gasteiger partial charge in [-0.15, -0.1) is 0 Å². The highest BCUT2D eigenvalue weighted by molar-refractivity contribution is 5.75. The van der Waals surface area contributed by atoms with Crippen LogP contribution in [-0.4, -0.2) is 0 Å². The number of hydrogen-bond acceptors (Lipinski definition) is 0. The van der Waals surface area contributed by atoms with Gasteiger partial charge in [0.25, 0.3) is 0 Å². The molecule has 0 fully saturated rings. The first-order valence-corrected chi connectivity index (χ1v) is 27.4. The second kappa shape index (κ2) is 28.7. The second-order valence-electron chi connectivity index (χ2n) is 20.1. The monoisotopic (exact) mass is 1020 g/mol. The molecular weight excluding hydrogens is 949 g/mol. The van der Waals surface area contributed by atoms with E-state index in [9.17, 15) is 0 Å². The molecule has 12 rings (SSSR count). The molecule has 0 saturated carbocycles. The Balaban J connectivity index is 0.000000131. The topological polar surface area (TPSA) is 0 Å². The smallest absolute Gasteiger partial charge is 0.0152 e. The Hall–Kier alpha value is -9.36. The molecule has 0 amide bonds. The van der Waals surface area contributed by atoms with Crippen LogP contribution in [0.3, 0.4) is 0 Å². The first kappa shape index (κ1) is 55.9. The van der Waals surface area contributed by atoms with Crippen molar-refractivity contribution < 1.29 is 0 Å². The standard InChI is InChI=1S/2C19H16.2C14H14.C13H12/c1-15-12-18(16-8-4-2-5-9-16)14-19(13-15)17-10-6-3-7-11-17;1-15-14-18(16-8-4-2-5-9-16)12-13-19(15)17-10-6-3-7-11-17;1-11-7-6-10-14(12(11)2)13-8-4-3-5-9-13;1-11-8-9-14(10-12(11)2)13-6-4-3-5-7-13;1-11-6-5-9-13(10-11)12-7-3-2-4-8-12/h2*2-14H,1H3;2*3-10H,1-2H3;2-10H,1H3. The van der Waals surface area contributed by atoms with E-state index in [1.807, 2.05) is 12.1 Å². The minimum atomic E-state index is 1.27. The number of benzene rings is 12. The lowest BCUT2D eigenvalue weighted by molar-refractivity contribution is 1.34. The highest BCUT2D eigenvalue weighted by Gasteiger charge is 2.06. The van der Waals surface area contributed by atoms with E-state index in [1.54, 1.807) is 0 Å². The zero-order chi connectivity index (χ0) is 55.2. The maximum Gasteiger partial charge on any atom is -0.0152 e. The number of hydrogen-bond donors (Lipinski definition) is 0. The number of rotatable bonds is 7. The van der Waals surface area contributed by atoms with E-state index in [0.717, 1.165) is 0 Å². The summed E-state index contributed by atoms with van der Waals surface area (Å²) in [6.45, 7) is 15.1. The first-order valence-electron chi connectivity index (χ1n) is 27.4. The molecule has 0 bridgehead atoms. The van der Waals surface area contributed by atoms with Crippen LogP contribution in [0.5, 0.6) is 0 Å². The molecule has 0 nitrogen and oxygen atoms in total. The van der Waals surface area contributed by atoms with Gasteiger partial charge in [-0.25, -0.2) is 0 Å². The fourth-order valence-electron chi connectivity index (χ4n) is 9.48. The van der Waals surface area contributed by atoms with Crippen LogP contribution in [0.4, 0.5) is 0 Å². The summed E-state index contributed by atoms with van der Waals surface area (Å²) in [5.41, 5.74) is 27.4. The Labute approximate surface area is 472 Å². The molecule has 0 aliphatic rings. The van der Waals surface area contributed by atoms with Gasteiger partial charge in [0.15, 0.2) is 0 Å². The molecule has 12 aromatic rings. The predicted octanol–water partition coefficient (Wildman–Crippen LogP) is 22.3. The van der Waals surface area contributed by atoms with Crippen molar-refractivity contribution in [2.75, 3.05) is 0 Å². The molecule has 0 heteroatoms. The van der Waals surface area contributed by atoms with E-state index >= 15 is 0 Å². The van der Waals surface area contributed by atoms with Crippen molar-refractivity contribution in [3.8, 4) is 77.9 Å². The summed E-state index contributed by atoms with van der Waals surface area (Å²) in [7, 11) is 0. The van der Waals surface area contributed by atoms with Crippen LogP contribution < -0.4 is 0 Å². The van der Waals surface area contributed by atoms with E-state index in [4.69, 9.17) is 0 Å². The van der Waals surface area contributed by atoms with E-state index in [1.165, 1.54) is 117 Å². The van der Waals surface area contributed by atoms with Crippen LogP contribution in [0.15, 0.2) is 309 Å². The lowest BCUT2D eigenvalue weighted by Gasteiger charge is -2.09. The summed E-state index contributed by atoms with van der Waals surface area (Å²) in [4.78, 5) is 0. The third-order valence-electron chi connectivity index (χ3n) is 14.1. The van der Waals surface area contributed by atoms with Crippen molar-refractivity contribution in [2.24, 2.45) is 0 Å². The van der Waals surface area contributed by atoms with Gasteiger partial charge in [-0.2, -0.15) is 0 Å². The average Bonchev–Trinajstić information content (AvgIpc) is 3.51. The zero-order valence-electron chi connectivity index (χ0n) is 46.9. The third-order valence-corrected chi connectivity index (χ3v) is 14.1.